The predicted molar refractivity (Wildman–Crippen MR) is 79.6 cm³/mol. The van der Waals surface area contributed by atoms with Crippen molar-refractivity contribution in [2.75, 3.05) is 7.11 Å². The molecular weight excluding hydrogens is 282 g/mol. The number of benzene rings is 1. The highest BCUT2D eigenvalue weighted by Gasteiger charge is 2.17. The van der Waals surface area contributed by atoms with E-state index >= 15 is 0 Å². The summed E-state index contributed by atoms with van der Waals surface area (Å²) in [5.74, 6) is 2.38. The molecule has 2 aromatic heterocycles. The number of nitrogens with zero attached hydrogens (tertiary/aromatic N) is 3. The summed E-state index contributed by atoms with van der Waals surface area (Å²) >= 11 is 0. The molecule has 0 amide bonds. The fourth-order valence-corrected chi connectivity index (χ4v) is 1.92. The van der Waals surface area contributed by atoms with Crippen molar-refractivity contribution >= 4 is 0 Å². The van der Waals surface area contributed by atoms with Crippen molar-refractivity contribution in [3.63, 3.8) is 0 Å². The van der Waals surface area contributed by atoms with Gasteiger partial charge in [0, 0.05) is 18.0 Å². The van der Waals surface area contributed by atoms with E-state index in [1.807, 2.05) is 43.3 Å². The summed E-state index contributed by atoms with van der Waals surface area (Å²) in [7, 11) is 1.62. The van der Waals surface area contributed by atoms with Crippen LogP contribution >= 0.6 is 0 Å². The lowest BCUT2D eigenvalue weighted by atomic mass is 10.3. The standard InChI is InChI=1S/C16H15N3O3/c1-11(21-14-7-5-13(20-2)6-8-14)16-18-15(19-22-16)12-4-3-9-17-10-12/h3-11H,1-2H3/t11-/m0/s1. The van der Waals surface area contributed by atoms with Crippen LogP contribution in [0.2, 0.25) is 0 Å². The van der Waals surface area contributed by atoms with Crippen molar-refractivity contribution in [3.8, 4) is 22.9 Å². The minimum absolute atomic E-state index is 0.355. The Hall–Kier alpha value is -2.89. The van der Waals surface area contributed by atoms with Crippen LogP contribution in [-0.2, 0) is 0 Å². The third kappa shape index (κ3) is 3.06. The van der Waals surface area contributed by atoms with E-state index in [9.17, 15) is 0 Å². The summed E-state index contributed by atoms with van der Waals surface area (Å²) in [4.78, 5) is 8.38. The lowest BCUT2D eigenvalue weighted by Gasteiger charge is -2.10. The van der Waals surface area contributed by atoms with Gasteiger partial charge in [-0.05, 0) is 43.3 Å². The largest absolute Gasteiger partial charge is 0.497 e. The van der Waals surface area contributed by atoms with Crippen molar-refractivity contribution in [2.45, 2.75) is 13.0 Å². The number of aromatic nitrogens is 3. The van der Waals surface area contributed by atoms with Gasteiger partial charge in [-0.25, -0.2) is 0 Å². The monoisotopic (exact) mass is 297 g/mol. The van der Waals surface area contributed by atoms with Crippen LogP contribution in [0.25, 0.3) is 11.4 Å². The number of hydrogen-bond donors (Lipinski definition) is 0. The van der Waals surface area contributed by atoms with Crippen LogP contribution in [-0.4, -0.2) is 22.2 Å². The van der Waals surface area contributed by atoms with E-state index in [1.165, 1.54) is 0 Å². The number of methoxy groups -OCH3 is 1. The van der Waals surface area contributed by atoms with E-state index in [4.69, 9.17) is 14.0 Å². The Morgan fingerprint density at radius 1 is 1.09 bits per heavy atom. The van der Waals surface area contributed by atoms with E-state index in [0.29, 0.717) is 17.5 Å². The first-order chi connectivity index (χ1) is 10.8. The molecule has 22 heavy (non-hydrogen) atoms. The van der Waals surface area contributed by atoms with Gasteiger partial charge in [0.2, 0.25) is 5.82 Å². The summed E-state index contributed by atoms with van der Waals surface area (Å²) in [5.41, 5.74) is 0.800. The van der Waals surface area contributed by atoms with E-state index < -0.39 is 0 Å². The number of rotatable bonds is 5. The molecular formula is C16H15N3O3. The van der Waals surface area contributed by atoms with Gasteiger partial charge in [0.25, 0.3) is 5.89 Å². The first kappa shape index (κ1) is 14.1. The van der Waals surface area contributed by atoms with E-state index in [0.717, 1.165) is 11.3 Å². The minimum Gasteiger partial charge on any atom is -0.497 e. The summed E-state index contributed by atoms with van der Waals surface area (Å²) < 4.78 is 16.1. The zero-order chi connectivity index (χ0) is 15.4. The molecule has 1 aromatic carbocycles. The highest BCUT2D eigenvalue weighted by atomic mass is 16.5. The van der Waals surface area contributed by atoms with Crippen LogP contribution < -0.4 is 9.47 Å². The second-order valence-electron chi connectivity index (χ2n) is 4.63. The van der Waals surface area contributed by atoms with Crippen LogP contribution in [0.1, 0.15) is 18.9 Å². The van der Waals surface area contributed by atoms with Crippen molar-refractivity contribution in [1.82, 2.24) is 15.1 Å². The topological polar surface area (TPSA) is 70.3 Å². The molecule has 0 radical (unpaired) electrons. The zero-order valence-corrected chi connectivity index (χ0v) is 12.3. The minimum atomic E-state index is -0.355. The van der Waals surface area contributed by atoms with Crippen LogP contribution in [0.4, 0.5) is 0 Å². The average molecular weight is 297 g/mol. The molecule has 0 saturated carbocycles. The zero-order valence-electron chi connectivity index (χ0n) is 12.3. The molecule has 1 atom stereocenters. The molecule has 0 fully saturated rings. The van der Waals surface area contributed by atoms with Crippen LogP contribution in [0.3, 0.4) is 0 Å². The number of pyridine rings is 1. The van der Waals surface area contributed by atoms with Crippen LogP contribution in [0, 0.1) is 0 Å². The smallest absolute Gasteiger partial charge is 0.267 e. The SMILES string of the molecule is COc1ccc(O[C@@H](C)c2nc(-c3cccnc3)no2)cc1. The molecule has 0 aliphatic heterocycles. The van der Waals surface area contributed by atoms with Gasteiger partial charge >= 0.3 is 0 Å². The van der Waals surface area contributed by atoms with Gasteiger partial charge in [0.1, 0.15) is 11.5 Å². The van der Waals surface area contributed by atoms with E-state index in [-0.39, 0.29) is 6.10 Å². The Morgan fingerprint density at radius 3 is 2.55 bits per heavy atom. The molecule has 0 spiro atoms. The Balaban J connectivity index is 1.72. The van der Waals surface area contributed by atoms with Crippen molar-refractivity contribution in [3.05, 3.63) is 54.7 Å². The quantitative estimate of drug-likeness (QED) is 0.719. The fourth-order valence-electron chi connectivity index (χ4n) is 1.92. The molecule has 0 unspecified atom stereocenters. The average Bonchev–Trinajstić information content (AvgIpc) is 3.06. The van der Waals surface area contributed by atoms with Gasteiger partial charge in [0.05, 0.1) is 7.11 Å². The maximum atomic E-state index is 5.78. The predicted octanol–water partition coefficient (Wildman–Crippen LogP) is 3.28. The van der Waals surface area contributed by atoms with Gasteiger partial charge in [-0.15, -0.1) is 0 Å². The van der Waals surface area contributed by atoms with Gasteiger partial charge in [0.15, 0.2) is 6.10 Å². The highest BCUT2D eigenvalue weighted by Crippen LogP contribution is 2.24. The maximum Gasteiger partial charge on any atom is 0.267 e. The molecule has 2 heterocycles. The maximum absolute atomic E-state index is 5.78. The lowest BCUT2D eigenvalue weighted by Crippen LogP contribution is -2.03. The Morgan fingerprint density at radius 2 is 1.86 bits per heavy atom. The molecule has 0 bridgehead atoms. The van der Waals surface area contributed by atoms with Crippen molar-refractivity contribution < 1.29 is 14.0 Å². The van der Waals surface area contributed by atoms with Crippen molar-refractivity contribution in [2.24, 2.45) is 0 Å². The Kier molecular flexibility index (Phi) is 4.00. The van der Waals surface area contributed by atoms with Crippen LogP contribution in [0.5, 0.6) is 11.5 Å². The third-order valence-electron chi connectivity index (χ3n) is 3.08. The van der Waals surface area contributed by atoms with Gasteiger partial charge < -0.3 is 14.0 Å². The van der Waals surface area contributed by atoms with E-state index in [2.05, 4.69) is 15.1 Å². The third-order valence-corrected chi connectivity index (χ3v) is 3.08. The number of hydrogen-bond acceptors (Lipinski definition) is 6. The normalized spacial score (nSPS) is 11.9. The summed E-state index contributed by atoms with van der Waals surface area (Å²) in [6.07, 6.45) is 3.02. The first-order valence-electron chi connectivity index (χ1n) is 6.81. The molecule has 3 aromatic rings. The Bertz CT molecular complexity index is 726. The fraction of sp³-hybridized carbons (Fsp3) is 0.188. The first-order valence-corrected chi connectivity index (χ1v) is 6.81. The second kappa shape index (κ2) is 6.26. The summed E-state index contributed by atoms with van der Waals surface area (Å²) in [5, 5.41) is 3.95. The van der Waals surface area contributed by atoms with Crippen LogP contribution in [0.15, 0.2) is 53.3 Å². The van der Waals surface area contributed by atoms with Gasteiger partial charge in [-0.1, -0.05) is 5.16 Å². The van der Waals surface area contributed by atoms with Gasteiger partial charge in [-0.2, -0.15) is 4.98 Å². The molecule has 0 aliphatic carbocycles. The molecule has 3 rings (SSSR count). The van der Waals surface area contributed by atoms with Gasteiger partial charge in [-0.3, -0.25) is 4.98 Å². The molecule has 112 valence electrons. The molecule has 0 aliphatic rings. The summed E-state index contributed by atoms with van der Waals surface area (Å²) in [6.45, 7) is 1.85. The Labute approximate surface area is 127 Å². The lowest BCUT2D eigenvalue weighted by molar-refractivity contribution is 0.175. The molecule has 6 nitrogen and oxygen atoms in total. The summed E-state index contributed by atoms with van der Waals surface area (Å²) in [6, 6.07) is 11.0. The van der Waals surface area contributed by atoms with Crippen molar-refractivity contribution in [1.29, 1.82) is 0 Å². The highest BCUT2D eigenvalue weighted by molar-refractivity contribution is 5.51. The molecule has 0 N–H and O–H groups in total. The number of ether oxygens (including phenoxy) is 2. The molecule has 6 heteroatoms. The molecule has 0 saturated heterocycles. The second-order valence-corrected chi connectivity index (χ2v) is 4.63. The van der Waals surface area contributed by atoms with E-state index in [1.54, 1.807) is 19.5 Å².